The van der Waals surface area contributed by atoms with Gasteiger partial charge >= 0.3 is 0 Å². The van der Waals surface area contributed by atoms with Gasteiger partial charge in [0.1, 0.15) is 5.75 Å². The van der Waals surface area contributed by atoms with E-state index in [-0.39, 0.29) is 6.61 Å². The van der Waals surface area contributed by atoms with Crippen molar-refractivity contribution in [2.75, 3.05) is 5.73 Å². The molecule has 2 N–H and O–H groups in total. The summed E-state index contributed by atoms with van der Waals surface area (Å²) in [6.45, 7) is 4.38. The third-order valence-corrected chi connectivity index (χ3v) is 2.81. The van der Waals surface area contributed by atoms with Crippen LogP contribution in [0.15, 0.2) is 28.8 Å². The lowest BCUT2D eigenvalue weighted by Crippen LogP contribution is -1.99. The molecule has 0 radical (unpaired) electrons. The quantitative estimate of drug-likeness (QED) is 0.822. The SMILES string of the molecule is CCC(C)c1noc(COc2ccccc2N)n1. The number of ether oxygens (including phenoxy) is 1. The summed E-state index contributed by atoms with van der Waals surface area (Å²) in [5.41, 5.74) is 6.36. The summed E-state index contributed by atoms with van der Waals surface area (Å²) < 4.78 is 10.7. The normalized spacial score (nSPS) is 12.3. The molecular weight excluding hydrogens is 230 g/mol. The minimum atomic E-state index is 0.234. The number of para-hydroxylation sites is 2. The van der Waals surface area contributed by atoms with Gasteiger partial charge in [-0.1, -0.05) is 31.1 Å². The molecule has 0 bridgehead atoms. The van der Waals surface area contributed by atoms with Gasteiger partial charge in [0.05, 0.1) is 5.69 Å². The smallest absolute Gasteiger partial charge is 0.264 e. The molecule has 0 saturated carbocycles. The fourth-order valence-electron chi connectivity index (χ4n) is 1.46. The maximum atomic E-state index is 5.77. The topological polar surface area (TPSA) is 74.2 Å². The van der Waals surface area contributed by atoms with Crippen molar-refractivity contribution >= 4 is 5.69 Å². The maximum Gasteiger partial charge on any atom is 0.264 e. The zero-order chi connectivity index (χ0) is 13.0. The van der Waals surface area contributed by atoms with Crippen molar-refractivity contribution in [3.05, 3.63) is 36.0 Å². The van der Waals surface area contributed by atoms with E-state index in [1.165, 1.54) is 0 Å². The van der Waals surface area contributed by atoms with Gasteiger partial charge in [0.25, 0.3) is 5.89 Å². The Morgan fingerprint density at radius 3 is 2.89 bits per heavy atom. The fourth-order valence-corrected chi connectivity index (χ4v) is 1.46. The molecule has 1 unspecified atom stereocenters. The molecular formula is C13H17N3O2. The Kier molecular flexibility index (Phi) is 3.82. The van der Waals surface area contributed by atoms with Crippen molar-refractivity contribution in [2.24, 2.45) is 0 Å². The van der Waals surface area contributed by atoms with Crippen molar-refractivity contribution in [2.45, 2.75) is 32.8 Å². The molecule has 0 aliphatic rings. The lowest BCUT2D eigenvalue weighted by molar-refractivity contribution is 0.243. The van der Waals surface area contributed by atoms with Crippen molar-refractivity contribution in [1.29, 1.82) is 0 Å². The van der Waals surface area contributed by atoms with Crippen LogP contribution in [0, 0.1) is 0 Å². The van der Waals surface area contributed by atoms with E-state index in [4.69, 9.17) is 15.0 Å². The van der Waals surface area contributed by atoms with Gasteiger partial charge in [-0.2, -0.15) is 4.98 Å². The van der Waals surface area contributed by atoms with E-state index in [0.717, 1.165) is 12.2 Å². The first-order valence-electron chi connectivity index (χ1n) is 6.00. The highest BCUT2D eigenvalue weighted by molar-refractivity contribution is 5.51. The van der Waals surface area contributed by atoms with Crippen LogP contribution in [0.1, 0.15) is 37.9 Å². The van der Waals surface area contributed by atoms with E-state index in [0.29, 0.717) is 23.2 Å². The molecule has 5 heteroatoms. The van der Waals surface area contributed by atoms with E-state index in [1.54, 1.807) is 12.1 Å². The number of benzene rings is 1. The number of hydrogen-bond acceptors (Lipinski definition) is 5. The molecule has 1 aromatic carbocycles. The van der Waals surface area contributed by atoms with Crippen LogP contribution < -0.4 is 10.5 Å². The second kappa shape index (κ2) is 5.53. The Morgan fingerprint density at radius 2 is 2.17 bits per heavy atom. The highest BCUT2D eigenvalue weighted by atomic mass is 16.5. The van der Waals surface area contributed by atoms with E-state index < -0.39 is 0 Å². The second-order valence-electron chi connectivity index (χ2n) is 4.18. The zero-order valence-corrected chi connectivity index (χ0v) is 10.6. The van der Waals surface area contributed by atoms with Crippen LogP contribution >= 0.6 is 0 Å². The summed E-state index contributed by atoms with van der Waals surface area (Å²) in [7, 11) is 0. The monoisotopic (exact) mass is 247 g/mol. The van der Waals surface area contributed by atoms with Crippen LogP contribution in [-0.2, 0) is 6.61 Å². The highest BCUT2D eigenvalue weighted by Crippen LogP contribution is 2.21. The van der Waals surface area contributed by atoms with Gasteiger partial charge in [-0.25, -0.2) is 0 Å². The van der Waals surface area contributed by atoms with Crippen molar-refractivity contribution in [1.82, 2.24) is 10.1 Å². The average molecular weight is 247 g/mol. The van der Waals surface area contributed by atoms with Gasteiger partial charge < -0.3 is 15.0 Å². The summed E-state index contributed by atoms with van der Waals surface area (Å²) in [5.74, 6) is 2.11. The number of rotatable bonds is 5. The summed E-state index contributed by atoms with van der Waals surface area (Å²) in [6, 6.07) is 7.31. The molecule has 0 fully saturated rings. The second-order valence-corrected chi connectivity index (χ2v) is 4.18. The number of nitrogens with two attached hydrogens (primary N) is 1. The molecule has 0 spiro atoms. The largest absolute Gasteiger partial charge is 0.482 e. The van der Waals surface area contributed by atoms with Crippen LogP contribution in [0.2, 0.25) is 0 Å². The molecule has 96 valence electrons. The number of anilines is 1. The molecule has 1 aromatic heterocycles. The molecule has 0 saturated heterocycles. The number of aromatic nitrogens is 2. The molecule has 5 nitrogen and oxygen atoms in total. The molecule has 1 heterocycles. The fraction of sp³-hybridized carbons (Fsp3) is 0.385. The van der Waals surface area contributed by atoms with Gasteiger partial charge in [-0.15, -0.1) is 0 Å². The number of nitrogen functional groups attached to an aromatic ring is 1. The lowest BCUT2D eigenvalue weighted by Gasteiger charge is -2.05. The molecule has 0 aliphatic carbocycles. The Morgan fingerprint density at radius 1 is 1.39 bits per heavy atom. The van der Waals surface area contributed by atoms with E-state index in [9.17, 15) is 0 Å². The third kappa shape index (κ3) is 2.80. The van der Waals surface area contributed by atoms with Crippen molar-refractivity contribution in [3.8, 4) is 5.75 Å². The average Bonchev–Trinajstić information content (AvgIpc) is 2.86. The van der Waals surface area contributed by atoms with Gasteiger partial charge in [-0.05, 0) is 18.6 Å². The predicted octanol–water partition coefficient (Wildman–Crippen LogP) is 2.74. The Labute approximate surface area is 106 Å². The van der Waals surface area contributed by atoms with Gasteiger partial charge in [0, 0.05) is 5.92 Å². The van der Waals surface area contributed by atoms with Crippen LogP contribution in [0.3, 0.4) is 0 Å². The number of hydrogen-bond donors (Lipinski definition) is 1. The van der Waals surface area contributed by atoms with Gasteiger partial charge in [-0.3, -0.25) is 0 Å². The maximum absolute atomic E-state index is 5.77. The molecule has 2 rings (SSSR count). The first kappa shape index (κ1) is 12.4. The molecule has 2 aromatic rings. The van der Waals surface area contributed by atoms with Crippen molar-refractivity contribution < 1.29 is 9.26 Å². The van der Waals surface area contributed by atoms with Crippen LogP contribution in [0.25, 0.3) is 0 Å². The first-order chi connectivity index (χ1) is 8.70. The Hall–Kier alpha value is -2.04. The number of nitrogens with zero attached hydrogens (tertiary/aromatic N) is 2. The standard InChI is InChI=1S/C13H17N3O2/c1-3-9(2)13-15-12(18-16-13)8-17-11-7-5-4-6-10(11)14/h4-7,9H,3,8,14H2,1-2H3. The molecule has 0 amide bonds. The van der Waals surface area contributed by atoms with Crippen molar-refractivity contribution in [3.63, 3.8) is 0 Å². The third-order valence-electron chi connectivity index (χ3n) is 2.81. The van der Waals surface area contributed by atoms with E-state index in [2.05, 4.69) is 24.0 Å². The summed E-state index contributed by atoms with van der Waals surface area (Å²) >= 11 is 0. The lowest BCUT2D eigenvalue weighted by atomic mass is 10.1. The van der Waals surface area contributed by atoms with Crippen LogP contribution in [-0.4, -0.2) is 10.1 Å². The zero-order valence-electron chi connectivity index (χ0n) is 10.6. The molecule has 18 heavy (non-hydrogen) atoms. The first-order valence-corrected chi connectivity index (χ1v) is 6.00. The minimum absolute atomic E-state index is 0.234. The van der Waals surface area contributed by atoms with Gasteiger partial charge in [0.15, 0.2) is 12.4 Å². The van der Waals surface area contributed by atoms with Crippen LogP contribution in [0.5, 0.6) is 5.75 Å². The van der Waals surface area contributed by atoms with E-state index in [1.807, 2.05) is 12.1 Å². The van der Waals surface area contributed by atoms with E-state index >= 15 is 0 Å². The van der Waals surface area contributed by atoms with Gasteiger partial charge in [0.2, 0.25) is 0 Å². The Balaban J connectivity index is 1.98. The summed E-state index contributed by atoms with van der Waals surface area (Å²) in [4.78, 5) is 4.28. The molecule has 0 aliphatic heterocycles. The summed E-state index contributed by atoms with van der Waals surface area (Å²) in [6.07, 6.45) is 0.978. The predicted molar refractivity (Wildman–Crippen MR) is 68.2 cm³/mol. The Bertz CT molecular complexity index is 510. The highest BCUT2D eigenvalue weighted by Gasteiger charge is 2.12. The summed E-state index contributed by atoms with van der Waals surface area (Å²) in [5, 5.41) is 3.92. The van der Waals surface area contributed by atoms with Crippen LogP contribution in [0.4, 0.5) is 5.69 Å². The minimum Gasteiger partial charge on any atom is -0.482 e. The molecule has 1 atom stereocenters.